The molecule has 26 heavy (non-hydrogen) atoms. The van der Waals surface area contributed by atoms with Gasteiger partial charge in [-0.1, -0.05) is 0 Å². The zero-order valence-corrected chi connectivity index (χ0v) is 18.8. The van der Waals surface area contributed by atoms with Crippen molar-refractivity contribution in [1.29, 1.82) is 0 Å². The molecule has 10 heteroatoms. The number of halogens is 1. The van der Waals surface area contributed by atoms with E-state index in [4.69, 9.17) is 9.47 Å². The van der Waals surface area contributed by atoms with E-state index in [-0.39, 0.29) is 24.0 Å². The van der Waals surface area contributed by atoms with Crippen LogP contribution in [-0.2, 0) is 10.0 Å². The first kappa shape index (κ1) is 24.7. The van der Waals surface area contributed by atoms with Gasteiger partial charge < -0.3 is 20.1 Å². The van der Waals surface area contributed by atoms with Gasteiger partial charge in [0.15, 0.2) is 17.5 Å². The molecule has 0 spiro atoms. The Morgan fingerprint density at radius 1 is 1.23 bits per heavy atom. The Bertz CT molecular complexity index is 668. The predicted octanol–water partition coefficient (Wildman–Crippen LogP) is 2.03. The maximum Gasteiger partial charge on any atom is 0.208 e. The highest BCUT2D eigenvalue weighted by molar-refractivity contribution is 14.0. The highest BCUT2D eigenvalue weighted by Crippen LogP contribution is 2.30. The van der Waals surface area contributed by atoms with Crippen molar-refractivity contribution in [3.8, 4) is 11.5 Å². The minimum atomic E-state index is -3.16. The summed E-state index contributed by atoms with van der Waals surface area (Å²) in [4.78, 5) is 4.43. The molecule has 0 fully saturated rings. The lowest BCUT2D eigenvalue weighted by Crippen LogP contribution is -2.31. The van der Waals surface area contributed by atoms with E-state index >= 15 is 0 Å². The molecule has 0 saturated carbocycles. The number of benzene rings is 1. The number of ether oxygens (including phenoxy) is 2. The molecule has 0 radical (unpaired) electrons. The standard InChI is InChI=1S/C16H28N4O4S.HI/c1-5-17-16(18-10-7-11-19-25(4,21)22)20-13-8-9-14(23-3)15(12-13)24-6-2;/h8-9,12,19H,5-7,10-11H2,1-4H3,(H2,17,18,20);1H. The molecule has 1 aromatic carbocycles. The van der Waals surface area contributed by atoms with E-state index in [2.05, 4.69) is 20.3 Å². The van der Waals surface area contributed by atoms with Crippen LogP contribution in [0.25, 0.3) is 0 Å². The van der Waals surface area contributed by atoms with Crippen LogP contribution >= 0.6 is 24.0 Å². The Kier molecular flexibility index (Phi) is 12.3. The molecule has 150 valence electrons. The van der Waals surface area contributed by atoms with Crippen molar-refractivity contribution in [2.75, 3.05) is 44.9 Å². The van der Waals surface area contributed by atoms with Crippen LogP contribution in [0.4, 0.5) is 5.69 Å². The average molecular weight is 500 g/mol. The van der Waals surface area contributed by atoms with Gasteiger partial charge in [-0.25, -0.2) is 13.1 Å². The Labute approximate surface area is 173 Å². The van der Waals surface area contributed by atoms with Crippen molar-refractivity contribution in [3.05, 3.63) is 18.2 Å². The predicted molar refractivity (Wildman–Crippen MR) is 117 cm³/mol. The second kappa shape index (κ2) is 13.0. The van der Waals surface area contributed by atoms with Gasteiger partial charge in [0, 0.05) is 31.4 Å². The van der Waals surface area contributed by atoms with E-state index in [1.54, 1.807) is 7.11 Å². The Morgan fingerprint density at radius 3 is 2.54 bits per heavy atom. The second-order valence-corrected chi connectivity index (χ2v) is 7.04. The van der Waals surface area contributed by atoms with Crippen LogP contribution in [0.15, 0.2) is 23.2 Å². The van der Waals surface area contributed by atoms with E-state index in [1.165, 1.54) is 0 Å². The number of hydrogen-bond acceptors (Lipinski definition) is 5. The van der Waals surface area contributed by atoms with E-state index in [1.807, 2.05) is 32.0 Å². The second-order valence-electron chi connectivity index (χ2n) is 5.20. The molecular formula is C16H29IN4O4S. The monoisotopic (exact) mass is 500 g/mol. The number of hydrogen-bond donors (Lipinski definition) is 3. The zero-order valence-electron chi connectivity index (χ0n) is 15.7. The summed E-state index contributed by atoms with van der Waals surface area (Å²) in [7, 11) is -1.56. The maximum atomic E-state index is 11.0. The summed E-state index contributed by atoms with van der Waals surface area (Å²) in [6.07, 6.45) is 1.75. The fraction of sp³-hybridized carbons (Fsp3) is 0.562. The van der Waals surface area contributed by atoms with Crippen LogP contribution in [0.5, 0.6) is 11.5 Å². The lowest BCUT2D eigenvalue weighted by atomic mass is 10.2. The molecule has 0 aliphatic carbocycles. The van der Waals surface area contributed by atoms with Crippen LogP contribution in [0.2, 0.25) is 0 Å². The SMILES string of the molecule is CCNC(=NCCCNS(C)(=O)=O)Nc1ccc(OC)c(OCC)c1.I. The summed E-state index contributed by atoms with van der Waals surface area (Å²) in [5.74, 6) is 1.94. The Hall–Kier alpha value is -1.27. The van der Waals surface area contributed by atoms with Crippen LogP contribution in [0, 0.1) is 0 Å². The molecule has 0 amide bonds. The van der Waals surface area contributed by atoms with Crippen molar-refractivity contribution < 1.29 is 17.9 Å². The number of rotatable bonds is 10. The molecule has 0 aromatic heterocycles. The normalized spacial score (nSPS) is 11.5. The summed E-state index contributed by atoms with van der Waals surface area (Å²) < 4.78 is 35.3. The third-order valence-corrected chi connectivity index (χ3v) is 3.77. The number of sulfonamides is 1. The van der Waals surface area contributed by atoms with Crippen molar-refractivity contribution in [2.45, 2.75) is 20.3 Å². The number of methoxy groups -OCH3 is 1. The molecule has 0 aliphatic heterocycles. The summed E-state index contributed by atoms with van der Waals surface area (Å²) >= 11 is 0. The van der Waals surface area contributed by atoms with Crippen molar-refractivity contribution in [2.24, 2.45) is 4.99 Å². The molecule has 0 atom stereocenters. The van der Waals surface area contributed by atoms with Crippen molar-refractivity contribution in [3.63, 3.8) is 0 Å². The van der Waals surface area contributed by atoms with Gasteiger partial charge in [-0.15, -0.1) is 24.0 Å². The minimum Gasteiger partial charge on any atom is -0.493 e. The van der Waals surface area contributed by atoms with Gasteiger partial charge in [-0.2, -0.15) is 0 Å². The van der Waals surface area contributed by atoms with Crippen LogP contribution in [0.3, 0.4) is 0 Å². The molecule has 0 bridgehead atoms. The lowest BCUT2D eigenvalue weighted by molar-refractivity contribution is 0.311. The summed E-state index contributed by atoms with van der Waals surface area (Å²) in [5.41, 5.74) is 0.818. The fourth-order valence-corrected chi connectivity index (χ4v) is 2.51. The molecule has 0 heterocycles. The quantitative estimate of drug-likeness (QED) is 0.197. The highest BCUT2D eigenvalue weighted by Gasteiger charge is 2.07. The first-order valence-corrected chi connectivity index (χ1v) is 10.1. The van der Waals surface area contributed by atoms with Crippen LogP contribution in [0.1, 0.15) is 20.3 Å². The fourth-order valence-electron chi connectivity index (χ4n) is 1.99. The Balaban J connectivity index is 0.00000625. The zero-order chi connectivity index (χ0) is 18.7. The number of nitrogens with zero attached hydrogens (tertiary/aromatic N) is 1. The third-order valence-electron chi connectivity index (χ3n) is 3.04. The first-order valence-electron chi connectivity index (χ1n) is 8.20. The van der Waals surface area contributed by atoms with Gasteiger partial charge in [-0.3, -0.25) is 4.99 Å². The molecule has 0 unspecified atom stereocenters. The first-order chi connectivity index (χ1) is 11.9. The van der Waals surface area contributed by atoms with Crippen molar-refractivity contribution >= 4 is 45.6 Å². The number of anilines is 1. The molecule has 1 aromatic rings. The van der Waals surface area contributed by atoms with Gasteiger partial charge in [0.2, 0.25) is 10.0 Å². The number of nitrogens with one attached hydrogen (secondary N) is 3. The lowest BCUT2D eigenvalue weighted by Gasteiger charge is -2.14. The molecule has 1 rings (SSSR count). The van der Waals surface area contributed by atoms with E-state index < -0.39 is 10.0 Å². The molecule has 8 nitrogen and oxygen atoms in total. The molecule has 0 saturated heterocycles. The van der Waals surface area contributed by atoms with E-state index in [0.29, 0.717) is 50.1 Å². The van der Waals surface area contributed by atoms with E-state index in [9.17, 15) is 8.42 Å². The molecule has 3 N–H and O–H groups in total. The van der Waals surface area contributed by atoms with E-state index in [0.717, 1.165) is 11.9 Å². The summed E-state index contributed by atoms with van der Waals surface area (Å²) in [6.45, 7) is 5.99. The average Bonchev–Trinajstić information content (AvgIpc) is 2.54. The van der Waals surface area contributed by atoms with Gasteiger partial charge in [0.05, 0.1) is 20.0 Å². The van der Waals surface area contributed by atoms with Gasteiger partial charge in [0.1, 0.15) is 0 Å². The molecule has 0 aliphatic rings. The molecular weight excluding hydrogens is 471 g/mol. The highest BCUT2D eigenvalue weighted by atomic mass is 127. The topological polar surface area (TPSA) is 101 Å². The van der Waals surface area contributed by atoms with Crippen LogP contribution < -0.4 is 24.8 Å². The van der Waals surface area contributed by atoms with Gasteiger partial charge >= 0.3 is 0 Å². The maximum absolute atomic E-state index is 11.0. The minimum absolute atomic E-state index is 0. The summed E-state index contributed by atoms with van der Waals surface area (Å²) in [6, 6.07) is 5.55. The van der Waals surface area contributed by atoms with Crippen LogP contribution in [-0.4, -0.2) is 54.0 Å². The summed E-state index contributed by atoms with van der Waals surface area (Å²) in [5, 5.41) is 6.35. The van der Waals surface area contributed by atoms with Gasteiger partial charge in [-0.05, 0) is 32.4 Å². The smallest absolute Gasteiger partial charge is 0.208 e. The number of guanidine groups is 1. The number of aliphatic imine (C=N–C) groups is 1. The third kappa shape index (κ3) is 10.0. The largest absolute Gasteiger partial charge is 0.493 e. The Morgan fingerprint density at radius 2 is 1.96 bits per heavy atom. The van der Waals surface area contributed by atoms with Gasteiger partial charge in [0.25, 0.3) is 0 Å². The van der Waals surface area contributed by atoms with Crippen molar-refractivity contribution in [1.82, 2.24) is 10.0 Å².